The molecule has 0 saturated carbocycles. The molecule has 0 fully saturated rings. The number of benzene rings is 6. The number of hydrogen-bond acceptors (Lipinski definition) is 1. The molecular formula is C52H35N3S+2. The Bertz CT molecular complexity index is 3460. The summed E-state index contributed by atoms with van der Waals surface area (Å²) < 4.78 is 10.2. The lowest BCUT2D eigenvalue weighted by molar-refractivity contribution is -0.727. The number of thiophene rings is 1. The molecule has 56 heavy (non-hydrogen) atoms. The van der Waals surface area contributed by atoms with Crippen molar-refractivity contribution in [3.63, 3.8) is 0 Å². The Kier molecular flexibility index (Phi) is 6.15. The highest BCUT2D eigenvalue weighted by Gasteiger charge is 2.46. The van der Waals surface area contributed by atoms with Crippen LogP contribution in [0.3, 0.4) is 0 Å². The molecule has 4 heteroatoms. The largest absolute Gasteiger partial charge is 0.307 e. The first-order valence-electron chi connectivity index (χ1n) is 19.7. The highest BCUT2D eigenvalue weighted by Crippen LogP contribution is 2.49. The van der Waals surface area contributed by atoms with Crippen LogP contribution in [0.25, 0.3) is 97.6 Å². The molecule has 11 aromatic rings. The van der Waals surface area contributed by atoms with Gasteiger partial charge in [0.25, 0.3) is 0 Å². The van der Waals surface area contributed by atoms with Crippen LogP contribution in [-0.2, 0) is 6.42 Å². The van der Waals surface area contributed by atoms with Crippen LogP contribution in [0, 0.1) is 0 Å². The molecular weight excluding hydrogens is 699 g/mol. The van der Waals surface area contributed by atoms with E-state index in [1.54, 1.807) is 0 Å². The monoisotopic (exact) mass is 733 g/mol. The highest BCUT2D eigenvalue weighted by atomic mass is 32.1. The van der Waals surface area contributed by atoms with Gasteiger partial charge in [0, 0.05) is 66.8 Å². The van der Waals surface area contributed by atoms with Crippen LogP contribution >= 0.6 is 11.3 Å². The second-order valence-corrected chi connectivity index (χ2v) is 16.8. The van der Waals surface area contributed by atoms with Gasteiger partial charge in [0.15, 0.2) is 12.4 Å². The fourth-order valence-corrected chi connectivity index (χ4v) is 11.8. The lowest BCUT2D eigenvalue weighted by Crippen LogP contribution is -2.53. The first-order valence-corrected chi connectivity index (χ1v) is 20.5. The molecule has 7 heterocycles. The van der Waals surface area contributed by atoms with E-state index in [4.69, 9.17) is 6.58 Å². The molecule has 0 radical (unpaired) electrons. The molecule has 3 nitrogen and oxygen atoms in total. The fourth-order valence-electron chi connectivity index (χ4n) is 10.5. The van der Waals surface area contributed by atoms with Gasteiger partial charge in [-0.25, -0.2) is 0 Å². The van der Waals surface area contributed by atoms with Crippen molar-refractivity contribution in [1.29, 1.82) is 0 Å². The standard InChI is InChI=1S/C52H35N3S/c1-31-49-38(35-15-5-6-16-36(35)45-18-10-12-26-54(45)49)22-21-33-29-47-42(30-41(33)46-19-9-11-25-53(31)46)44-28-34(32-13-3-2-4-14-32)27-43-39-23-24-40-37-17-7-8-20-48(37)56-52(40)51(39)55(47)50(43)44/h2-20,23-30,38,49H,1,21-22H2/q+2. The van der Waals surface area contributed by atoms with Gasteiger partial charge in [-0.3, -0.25) is 0 Å². The summed E-state index contributed by atoms with van der Waals surface area (Å²) >= 11 is 1.93. The molecule has 0 aliphatic carbocycles. The summed E-state index contributed by atoms with van der Waals surface area (Å²) in [5.41, 5.74) is 15.4. The van der Waals surface area contributed by atoms with Gasteiger partial charge in [0.2, 0.25) is 23.1 Å². The molecule has 2 aliphatic heterocycles. The third kappa shape index (κ3) is 4.01. The molecule has 0 amide bonds. The Morgan fingerprint density at radius 3 is 2.23 bits per heavy atom. The molecule has 0 bridgehead atoms. The number of rotatable bonds is 1. The number of nitrogens with zero attached hydrogens (tertiary/aromatic N) is 3. The minimum absolute atomic E-state index is 0.0804. The number of aromatic nitrogens is 3. The summed E-state index contributed by atoms with van der Waals surface area (Å²) in [6.45, 7) is 4.92. The topological polar surface area (TPSA) is 12.2 Å². The third-order valence-electron chi connectivity index (χ3n) is 12.9. The van der Waals surface area contributed by atoms with Crippen LogP contribution < -0.4 is 9.13 Å². The Labute approximate surface area is 327 Å². The van der Waals surface area contributed by atoms with E-state index in [1.165, 1.54) is 103 Å². The molecule has 0 N–H and O–H groups in total. The van der Waals surface area contributed by atoms with E-state index < -0.39 is 0 Å². The van der Waals surface area contributed by atoms with Crippen molar-refractivity contribution in [3.05, 3.63) is 182 Å². The summed E-state index contributed by atoms with van der Waals surface area (Å²) in [5.74, 6) is 0.265. The zero-order valence-electron chi connectivity index (χ0n) is 30.6. The van der Waals surface area contributed by atoms with Crippen LogP contribution in [0.15, 0.2) is 171 Å². The normalized spacial score (nSPS) is 16.5. The summed E-state index contributed by atoms with van der Waals surface area (Å²) in [5, 5.41) is 7.91. The van der Waals surface area contributed by atoms with Gasteiger partial charge in [-0.2, -0.15) is 9.13 Å². The predicted molar refractivity (Wildman–Crippen MR) is 233 cm³/mol. The van der Waals surface area contributed by atoms with Gasteiger partial charge < -0.3 is 4.40 Å². The Morgan fingerprint density at radius 2 is 1.32 bits per heavy atom. The lowest BCUT2D eigenvalue weighted by Gasteiger charge is -2.29. The molecule has 13 rings (SSSR count). The van der Waals surface area contributed by atoms with Crippen molar-refractivity contribution in [2.45, 2.75) is 24.8 Å². The number of fused-ring (bicyclic) bond motifs is 19. The van der Waals surface area contributed by atoms with Crippen LogP contribution in [0.1, 0.15) is 29.5 Å². The van der Waals surface area contributed by atoms with Crippen molar-refractivity contribution in [2.75, 3.05) is 0 Å². The van der Waals surface area contributed by atoms with Crippen LogP contribution in [0.4, 0.5) is 0 Å². The predicted octanol–water partition coefficient (Wildman–Crippen LogP) is 12.5. The van der Waals surface area contributed by atoms with Gasteiger partial charge >= 0.3 is 0 Å². The second kappa shape index (κ2) is 11.2. The molecule has 6 aromatic carbocycles. The minimum Gasteiger partial charge on any atom is -0.307 e. The van der Waals surface area contributed by atoms with Gasteiger partial charge in [0.05, 0.1) is 32.7 Å². The maximum atomic E-state index is 4.92. The van der Waals surface area contributed by atoms with E-state index in [0.29, 0.717) is 0 Å². The van der Waals surface area contributed by atoms with E-state index in [0.717, 1.165) is 18.5 Å². The molecule has 0 saturated heterocycles. The number of hydrogen-bond donors (Lipinski definition) is 0. The van der Waals surface area contributed by atoms with Crippen molar-refractivity contribution in [1.82, 2.24) is 4.40 Å². The molecule has 2 atom stereocenters. The number of aryl methyl sites for hydroxylation is 1. The Hall–Kier alpha value is -6.62. The van der Waals surface area contributed by atoms with Crippen molar-refractivity contribution in [3.8, 4) is 33.6 Å². The molecule has 2 aliphatic rings. The summed E-state index contributed by atoms with van der Waals surface area (Å²) in [6, 6.07) is 56.8. The zero-order chi connectivity index (χ0) is 36.6. The van der Waals surface area contributed by atoms with Crippen LogP contribution in [0.2, 0.25) is 0 Å². The zero-order valence-corrected chi connectivity index (χ0v) is 31.4. The van der Waals surface area contributed by atoms with Crippen molar-refractivity contribution in [2.24, 2.45) is 0 Å². The summed E-state index contributed by atoms with van der Waals surface area (Å²) in [7, 11) is 0. The maximum absolute atomic E-state index is 4.92. The average molecular weight is 734 g/mol. The van der Waals surface area contributed by atoms with Crippen molar-refractivity contribution >= 4 is 75.3 Å². The smallest absolute Gasteiger partial charge is 0.249 e. The number of pyridine rings is 2. The molecule has 0 spiro atoms. The molecule has 262 valence electrons. The third-order valence-corrected chi connectivity index (χ3v) is 14.1. The Balaban J connectivity index is 1.14. The minimum atomic E-state index is 0.0804. The van der Waals surface area contributed by atoms with Crippen molar-refractivity contribution < 1.29 is 9.13 Å². The lowest BCUT2D eigenvalue weighted by atomic mass is 9.78. The first kappa shape index (κ1) is 30.7. The highest BCUT2D eigenvalue weighted by molar-refractivity contribution is 7.26. The van der Waals surface area contributed by atoms with Gasteiger partial charge in [-0.05, 0) is 90.2 Å². The average Bonchev–Trinajstić information content (AvgIpc) is 3.92. The van der Waals surface area contributed by atoms with Gasteiger partial charge in [0.1, 0.15) is 0 Å². The van der Waals surface area contributed by atoms with Gasteiger partial charge in [-0.1, -0.05) is 78.9 Å². The quantitative estimate of drug-likeness (QED) is 0.149. The first-order chi connectivity index (χ1) is 27.7. The van der Waals surface area contributed by atoms with Crippen LogP contribution in [0.5, 0.6) is 0 Å². The fraction of sp³-hybridized carbons (Fsp3) is 0.0769. The van der Waals surface area contributed by atoms with E-state index in [2.05, 4.69) is 178 Å². The number of allylic oxidation sites excluding steroid dienone is 1. The van der Waals surface area contributed by atoms with Gasteiger partial charge in [-0.15, -0.1) is 11.3 Å². The van der Waals surface area contributed by atoms with E-state index in [-0.39, 0.29) is 12.0 Å². The van der Waals surface area contributed by atoms with E-state index in [1.807, 2.05) is 11.3 Å². The van der Waals surface area contributed by atoms with E-state index >= 15 is 0 Å². The SMILES string of the molecule is C=C1C2C(CCc3cc4c(cc3-c3cccc[n+]31)c1cc(-c3ccccc3)cc3c5ccc6c7ccccc7sc6c5n4c13)c1ccccc1-c1cccc[n+]12. The maximum Gasteiger partial charge on any atom is 0.249 e. The second-order valence-electron chi connectivity index (χ2n) is 15.7. The molecule has 2 unspecified atom stereocenters. The van der Waals surface area contributed by atoms with E-state index in [9.17, 15) is 0 Å². The summed E-state index contributed by atoms with van der Waals surface area (Å²) in [4.78, 5) is 0. The Morgan fingerprint density at radius 1 is 0.571 bits per heavy atom. The molecule has 5 aromatic heterocycles. The summed E-state index contributed by atoms with van der Waals surface area (Å²) in [6.07, 6.45) is 6.45. The van der Waals surface area contributed by atoms with Crippen LogP contribution in [-0.4, -0.2) is 4.40 Å².